The van der Waals surface area contributed by atoms with Gasteiger partial charge in [0.25, 0.3) is 10.1 Å². The zero-order valence-corrected chi connectivity index (χ0v) is 16.8. The standard InChI is InChI=1S/C22H16N2O5S/c1-10-7-11(2)18-13(8-10)21(26)17-16(24-18)9-14-19(22(17)30(27,28)29)23-15-6-4-3-5-12(15)20(14)25/h3-9H,1-2H3,(H,23,25)(H,24,26)(H,27,28,29). The van der Waals surface area contributed by atoms with Crippen molar-refractivity contribution in [3.8, 4) is 0 Å². The molecule has 5 rings (SSSR count). The highest BCUT2D eigenvalue weighted by Crippen LogP contribution is 2.30. The monoisotopic (exact) mass is 420 g/mol. The van der Waals surface area contributed by atoms with Gasteiger partial charge in [0.05, 0.1) is 21.9 Å². The fourth-order valence-electron chi connectivity index (χ4n) is 4.20. The van der Waals surface area contributed by atoms with E-state index < -0.39 is 25.9 Å². The Balaban J connectivity index is 2.18. The summed E-state index contributed by atoms with van der Waals surface area (Å²) in [6.45, 7) is 3.67. The van der Waals surface area contributed by atoms with E-state index in [2.05, 4.69) is 9.97 Å². The number of H-pyrrole nitrogens is 2. The lowest BCUT2D eigenvalue weighted by atomic mass is 10.0. The maximum absolute atomic E-state index is 13.4. The van der Waals surface area contributed by atoms with E-state index in [-0.39, 0.29) is 21.8 Å². The molecule has 5 aromatic rings. The zero-order valence-electron chi connectivity index (χ0n) is 16.0. The third-order valence-corrected chi connectivity index (χ3v) is 6.35. The average Bonchev–Trinajstić information content (AvgIpc) is 2.67. The van der Waals surface area contributed by atoms with Crippen molar-refractivity contribution < 1.29 is 13.0 Å². The highest BCUT2D eigenvalue weighted by Gasteiger charge is 2.25. The van der Waals surface area contributed by atoms with Crippen molar-refractivity contribution in [2.24, 2.45) is 0 Å². The van der Waals surface area contributed by atoms with Crippen LogP contribution in [-0.2, 0) is 10.1 Å². The second-order valence-corrected chi connectivity index (χ2v) is 8.84. The summed E-state index contributed by atoms with van der Waals surface area (Å²) >= 11 is 0. The molecule has 0 bridgehead atoms. The lowest BCUT2D eigenvalue weighted by molar-refractivity contribution is 0.485. The van der Waals surface area contributed by atoms with Gasteiger partial charge in [-0.05, 0) is 49.2 Å². The van der Waals surface area contributed by atoms with Gasteiger partial charge in [0.15, 0.2) is 10.9 Å². The predicted molar refractivity (Wildman–Crippen MR) is 117 cm³/mol. The number of hydrogen-bond donors (Lipinski definition) is 3. The first kappa shape index (κ1) is 18.5. The number of fused-ring (bicyclic) bond motifs is 4. The third kappa shape index (κ3) is 2.51. The number of aryl methyl sites for hydroxylation is 2. The Kier molecular flexibility index (Phi) is 3.71. The van der Waals surface area contributed by atoms with Gasteiger partial charge in [-0.15, -0.1) is 0 Å². The van der Waals surface area contributed by atoms with E-state index in [0.29, 0.717) is 21.8 Å². The Morgan fingerprint density at radius 3 is 2.20 bits per heavy atom. The number of hydrogen-bond acceptors (Lipinski definition) is 4. The molecule has 3 aromatic carbocycles. The van der Waals surface area contributed by atoms with Crippen LogP contribution >= 0.6 is 0 Å². The van der Waals surface area contributed by atoms with Crippen molar-refractivity contribution in [2.45, 2.75) is 18.7 Å². The second kappa shape index (κ2) is 6.01. The Labute approximate surface area is 169 Å². The van der Waals surface area contributed by atoms with Crippen molar-refractivity contribution >= 4 is 53.7 Å². The summed E-state index contributed by atoms with van der Waals surface area (Å²) in [6, 6.07) is 11.7. The largest absolute Gasteiger partial charge is 0.354 e. The molecule has 0 saturated carbocycles. The molecule has 30 heavy (non-hydrogen) atoms. The number of rotatable bonds is 1. The Morgan fingerprint density at radius 1 is 0.800 bits per heavy atom. The van der Waals surface area contributed by atoms with Crippen molar-refractivity contribution in [3.63, 3.8) is 0 Å². The predicted octanol–water partition coefficient (Wildman–Crippen LogP) is 3.54. The first-order chi connectivity index (χ1) is 14.2. The van der Waals surface area contributed by atoms with Gasteiger partial charge in [0, 0.05) is 21.7 Å². The first-order valence-corrected chi connectivity index (χ1v) is 10.6. The van der Waals surface area contributed by atoms with Gasteiger partial charge in [-0.2, -0.15) is 8.42 Å². The SMILES string of the molecule is Cc1cc(C)c2[nH]c3cc4c(=O)c5ccccc5[nH]c4c(S(=O)(=O)O)c3c(=O)c2c1. The molecule has 3 N–H and O–H groups in total. The number of pyridine rings is 2. The average molecular weight is 420 g/mol. The lowest BCUT2D eigenvalue weighted by Gasteiger charge is -2.12. The van der Waals surface area contributed by atoms with Crippen LogP contribution < -0.4 is 10.9 Å². The normalized spacial score (nSPS) is 12.4. The molecule has 2 heterocycles. The molecule has 0 amide bonds. The zero-order chi connectivity index (χ0) is 21.4. The van der Waals surface area contributed by atoms with Crippen LogP contribution in [0.4, 0.5) is 0 Å². The molecule has 0 atom stereocenters. The van der Waals surface area contributed by atoms with Gasteiger partial charge in [0.2, 0.25) is 0 Å². The summed E-state index contributed by atoms with van der Waals surface area (Å²) in [5, 5.41) is 0.565. The first-order valence-electron chi connectivity index (χ1n) is 9.19. The van der Waals surface area contributed by atoms with Crippen molar-refractivity contribution in [1.82, 2.24) is 9.97 Å². The van der Waals surface area contributed by atoms with E-state index in [1.807, 2.05) is 19.9 Å². The fraction of sp³-hybridized carbons (Fsp3) is 0.0909. The van der Waals surface area contributed by atoms with Crippen LogP contribution in [0.15, 0.2) is 56.9 Å². The van der Waals surface area contributed by atoms with Crippen LogP contribution in [0.5, 0.6) is 0 Å². The van der Waals surface area contributed by atoms with Crippen molar-refractivity contribution in [1.29, 1.82) is 0 Å². The molecule has 0 spiro atoms. The minimum atomic E-state index is -4.84. The molecule has 0 unspecified atom stereocenters. The van der Waals surface area contributed by atoms with Crippen molar-refractivity contribution in [2.75, 3.05) is 0 Å². The summed E-state index contributed by atoms with van der Waals surface area (Å²) in [5.41, 5.74) is 1.76. The van der Waals surface area contributed by atoms with E-state index in [4.69, 9.17) is 0 Å². The number of para-hydroxylation sites is 1. The van der Waals surface area contributed by atoms with Gasteiger partial charge in [0.1, 0.15) is 4.90 Å². The molecule has 0 aliphatic carbocycles. The van der Waals surface area contributed by atoms with E-state index in [0.717, 1.165) is 11.1 Å². The maximum atomic E-state index is 13.4. The summed E-state index contributed by atoms with van der Waals surface area (Å²) < 4.78 is 34.9. The van der Waals surface area contributed by atoms with E-state index in [9.17, 15) is 22.6 Å². The van der Waals surface area contributed by atoms with Gasteiger partial charge in [-0.25, -0.2) is 0 Å². The molecule has 2 aromatic heterocycles. The van der Waals surface area contributed by atoms with Crippen LogP contribution in [0.3, 0.4) is 0 Å². The molecule has 0 radical (unpaired) electrons. The smallest absolute Gasteiger partial charge is 0.297 e. The van der Waals surface area contributed by atoms with Crippen LogP contribution in [0.25, 0.3) is 43.6 Å². The van der Waals surface area contributed by atoms with Crippen LogP contribution in [0.1, 0.15) is 11.1 Å². The van der Waals surface area contributed by atoms with Crippen molar-refractivity contribution in [3.05, 3.63) is 74.0 Å². The maximum Gasteiger partial charge on any atom is 0.297 e. The third-order valence-electron chi connectivity index (χ3n) is 5.43. The minimum absolute atomic E-state index is 0.0635. The van der Waals surface area contributed by atoms with Gasteiger partial charge in [-0.1, -0.05) is 18.2 Å². The molecule has 0 saturated heterocycles. The van der Waals surface area contributed by atoms with Gasteiger partial charge in [-0.3, -0.25) is 14.1 Å². The van der Waals surface area contributed by atoms with Gasteiger partial charge < -0.3 is 9.97 Å². The summed E-state index contributed by atoms with van der Waals surface area (Å²) in [5.74, 6) is 0. The molecule has 7 nitrogen and oxygen atoms in total. The number of benzene rings is 3. The van der Waals surface area contributed by atoms with E-state index in [1.165, 1.54) is 6.07 Å². The molecule has 0 aliphatic heterocycles. The molecule has 150 valence electrons. The minimum Gasteiger partial charge on any atom is -0.354 e. The number of nitrogens with one attached hydrogen (secondary N) is 2. The Bertz CT molecular complexity index is 1780. The quantitative estimate of drug-likeness (QED) is 0.283. The Hall–Kier alpha value is -3.49. The van der Waals surface area contributed by atoms with Gasteiger partial charge >= 0.3 is 0 Å². The second-order valence-electron chi connectivity index (χ2n) is 7.48. The fourth-order valence-corrected chi connectivity index (χ4v) is 5.07. The van der Waals surface area contributed by atoms with Crippen LogP contribution in [0.2, 0.25) is 0 Å². The highest BCUT2D eigenvalue weighted by atomic mass is 32.2. The number of aromatic amines is 2. The lowest BCUT2D eigenvalue weighted by Crippen LogP contribution is -2.14. The molecule has 0 fully saturated rings. The van der Waals surface area contributed by atoms with Crippen LogP contribution in [-0.4, -0.2) is 22.9 Å². The molecule has 8 heteroatoms. The summed E-state index contributed by atoms with van der Waals surface area (Å²) in [4.78, 5) is 31.9. The summed E-state index contributed by atoms with van der Waals surface area (Å²) in [6.07, 6.45) is 0. The topological polar surface area (TPSA) is 120 Å². The van der Waals surface area contributed by atoms with E-state index >= 15 is 0 Å². The molecular weight excluding hydrogens is 404 g/mol. The molecule has 0 aliphatic rings. The highest BCUT2D eigenvalue weighted by molar-refractivity contribution is 7.86. The Morgan fingerprint density at radius 2 is 1.47 bits per heavy atom. The van der Waals surface area contributed by atoms with Crippen LogP contribution in [0, 0.1) is 13.8 Å². The number of aromatic nitrogens is 2. The molecular formula is C22H16N2O5S. The summed E-state index contributed by atoms with van der Waals surface area (Å²) in [7, 11) is -4.84. The van der Waals surface area contributed by atoms with E-state index in [1.54, 1.807) is 30.3 Å².